The van der Waals surface area contributed by atoms with Gasteiger partial charge in [0.05, 0.1) is 34.1 Å². The first-order valence-electron chi connectivity index (χ1n) is 24.1. The van der Waals surface area contributed by atoms with E-state index in [1.54, 1.807) is 27.4 Å². The summed E-state index contributed by atoms with van der Waals surface area (Å²) >= 11 is 0. The Morgan fingerprint density at radius 3 is 0.583 bits per heavy atom. The van der Waals surface area contributed by atoms with Crippen molar-refractivity contribution in [2.45, 2.75) is 41.5 Å². The van der Waals surface area contributed by atoms with E-state index in [1.165, 1.54) is 0 Å². The monoisotopic (exact) mass is 940 g/mol. The third-order valence-corrected chi connectivity index (χ3v) is 14.2. The third kappa shape index (κ3) is 7.81. The van der Waals surface area contributed by atoms with Crippen LogP contribution in [0.3, 0.4) is 0 Å². The van der Waals surface area contributed by atoms with E-state index in [2.05, 4.69) is 84.9 Å². The first-order valence-corrected chi connectivity index (χ1v) is 24.1. The Morgan fingerprint density at radius 1 is 0.208 bits per heavy atom. The molecule has 352 valence electrons. The van der Waals surface area contributed by atoms with Crippen molar-refractivity contribution < 1.29 is 0 Å². The van der Waals surface area contributed by atoms with E-state index in [-0.39, 0.29) is 17.1 Å². The normalized spacial score (nSPS) is 11.4. The molecule has 0 saturated carbocycles. The van der Waals surface area contributed by atoms with Gasteiger partial charge in [-0.15, -0.1) is 0 Å². The van der Waals surface area contributed by atoms with Crippen LogP contribution < -0.4 is 17.1 Å². The Bertz CT molecular complexity index is 3630. The maximum Gasteiger partial charge on any atom is 0.337 e. The molecule has 0 amide bonds. The Kier molecular flexibility index (Phi) is 11.5. The van der Waals surface area contributed by atoms with Crippen molar-refractivity contribution in [1.82, 2.24) is 27.4 Å². The summed E-state index contributed by atoms with van der Waals surface area (Å²) in [4.78, 5) is 43.6. The molecule has 0 radical (unpaired) electrons. The van der Waals surface area contributed by atoms with Crippen molar-refractivity contribution in [2.24, 2.45) is 0 Å². The quantitative estimate of drug-likeness (QED) is 0.137. The second-order valence-corrected chi connectivity index (χ2v) is 18.4. The van der Waals surface area contributed by atoms with E-state index in [1.807, 2.05) is 163 Å². The zero-order valence-corrected chi connectivity index (χ0v) is 41.0. The van der Waals surface area contributed by atoms with Gasteiger partial charge >= 0.3 is 17.1 Å². The lowest BCUT2D eigenvalue weighted by Crippen LogP contribution is -2.24. The summed E-state index contributed by atoms with van der Waals surface area (Å²) in [7, 11) is 0. The Balaban J connectivity index is 0.912. The highest BCUT2D eigenvalue weighted by Gasteiger charge is 2.22. The molecule has 0 bridgehead atoms. The smallest absolute Gasteiger partial charge is 0.265 e. The Morgan fingerprint density at radius 2 is 0.389 bits per heavy atom. The molecule has 0 saturated heterocycles. The summed E-state index contributed by atoms with van der Waals surface area (Å²) in [6.07, 6.45) is 0. The number of benzene rings is 8. The SMILES string of the molecule is Cc1c(C)n(-c2ccc(-n3c(C)c(C)n(-c4cc(-c5ccccc5)cc(-c5ccccc5)c4)c3=O)cc2)c(=O)n1-c1ccc(-n2c(C)c(C)n(-c3cc(-c4ccccc4)cc(-c4ccccc4)c3)c2=O)cc1. The lowest BCUT2D eigenvalue weighted by molar-refractivity contribution is 0.874. The molecule has 0 aliphatic rings. The minimum Gasteiger partial charge on any atom is -0.265 e. The van der Waals surface area contributed by atoms with Crippen LogP contribution in [0.1, 0.15) is 34.2 Å². The fourth-order valence-electron chi connectivity index (χ4n) is 10.1. The molecule has 72 heavy (non-hydrogen) atoms. The first kappa shape index (κ1) is 45.2. The topological polar surface area (TPSA) is 80.8 Å². The molecule has 3 aromatic heterocycles. The van der Waals surface area contributed by atoms with Gasteiger partial charge in [-0.05, 0) is 171 Å². The van der Waals surface area contributed by atoms with Crippen LogP contribution in [0.5, 0.6) is 0 Å². The van der Waals surface area contributed by atoms with E-state index in [0.717, 1.165) is 90.0 Å². The molecule has 9 heteroatoms. The molecule has 11 aromatic rings. The second kappa shape index (κ2) is 18.3. The van der Waals surface area contributed by atoms with Crippen molar-refractivity contribution in [1.29, 1.82) is 0 Å². The lowest BCUT2D eigenvalue weighted by atomic mass is 9.98. The van der Waals surface area contributed by atoms with Gasteiger partial charge in [0.2, 0.25) is 0 Å². The van der Waals surface area contributed by atoms with Gasteiger partial charge < -0.3 is 0 Å². The predicted molar refractivity (Wildman–Crippen MR) is 291 cm³/mol. The summed E-state index contributed by atoms with van der Waals surface area (Å²) in [5.74, 6) is 0. The van der Waals surface area contributed by atoms with Crippen LogP contribution in [0.2, 0.25) is 0 Å². The number of hydrogen-bond donors (Lipinski definition) is 0. The van der Waals surface area contributed by atoms with Gasteiger partial charge in [0, 0.05) is 34.2 Å². The standard InChI is InChI=1S/C63H52N6O3/c1-41-42(2)65(56-29-33-58(34-30-56)67-44(4)46(6)69(63(67)72)60-39-53(49-23-15-9-16-24-49)36-54(40-60)50-25-17-10-18-26-50)61(70)64(41)55-27-31-57(32-28-55)66-43(3)45(5)68(62(66)71)59-37-51(47-19-11-7-12-20-47)35-52(38-59)48-21-13-8-14-22-48/h7-40H,1-6H3. The largest absolute Gasteiger partial charge is 0.337 e. The molecule has 11 rings (SSSR count). The highest BCUT2D eigenvalue weighted by Crippen LogP contribution is 2.33. The summed E-state index contributed by atoms with van der Waals surface area (Å²) in [5.41, 5.74) is 16.9. The average molecular weight is 941 g/mol. The van der Waals surface area contributed by atoms with Gasteiger partial charge in [-0.1, -0.05) is 121 Å². The van der Waals surface area contributed by atoms with Crippen molar-refractivity contribution in [3.63, 3.8) is 0 Å². The molecule has 0 fully saturated rings. The molecule has 0 atom stereocenters. The molecule has 3 heterocycles. The van der Waals surface area contributed by atoms with Crippen LogP contribution in [-0.2, 0) is 0 Å². The van der Waals surface area contributed by atoms with Gasteiger partial charge in [-0.25, -0.2) is 14.4 Å². The van der Waals surface area contributed by atoms with Gasteiger partial charge in [0.25, 0.3) is 0 Å². The fraction of sp³-hybridized carbons (Fsp3) is 0.0952. The maximum atomic E-state index is 14.6. The number of imidazole rings is 3. The van der Waals surface area contributed by atoms with Crippen LogP contribution in [0.25, 0.3) is 78.6 Å². The second-order valence-electron chi connectivity index (χ2n) is 18.4. The molecule has 0 N–H and O–H groups in total. The average Bonchev–Trinajstić information content (AvgIpc) is 3.90. The van der Waals surface area contributed by atoms with E-state index in [0.29, 0.717) is 22.7 Å². The van der Waals surface area contributed by atoms with Gasteiger partial charge in [0.15, 0.2) is 0 Å². The number of nitrogens with zero attached hydrogens (tertiary/aromatic N) is 6. The molecule has 0 unspecified atom stereocenters. The molecular weight excluding hydrogens is 889 g/mol. The van der Waals surface area contributed by atoms with Crippen molar-refractivity contribution >= 4 is 0 Å². The first-order chi connectivity index (χ1) is 35.0. The predicted octanol–water partition coefficient (Wildman–Crippen LogP) is 13.0. The summed E-state index contributed by atoms with van der Waals surface area (Å²) < 4.78 is 10.4. The number of aromatic nitrogens is 6. The Hall–Kier alpha value is -9.21. The van der Waals surface area contributed by atoms with Gasteiger partial charge in [-0.3, -0.25) is 27.4 Å². The molecule has 8 aromatic carbocycles. The summed E-state index contributed by atoms with van der Waals surface area (Å²) in [6, 6.07) is 68.6. The zero-order chi connectivity index (χ0) is 49.8. The van der Waals surface area contributed by atoms with Crippen molar-refractivity contribution in [3.8, 4) is 78.6 Å². The van der Waals surface area contributed by atoms with Crippen LogP contribution >= 0.6 is 0 Å². The van der Waals surface area contributed by atoms with E-state index in [4.69, 9.17) is 0 Å². The highest BCUT2D eigenvalue weighted by atomic mass is 16.2. The molecule has 0 aliphatic heterocycles. The third-order valence-electron chi connectivity index (χ3n) is 14.2. The van der Waals surface area contributed by atoms with Crippen LogP contribution in [0.15, 0.2) is 221 Å². The van der Waals surface area contributed by atoms with E-state index < -0.39 is 0 Å². The number of hydrogen-bond acceptors (Lipinski definition) is 3. The molecule has 0 aliphatic carbocycles. The minimum absolute atomic E-state index is 0.181. The molecule has 0 spiro atoms. The van der Waals surface area contributed by atoms with E-state index in [9.17, 15) is 14.4 Å². The summed E-state index contributed by atoms with van der Waals surface area (Å²) in [6.45, 7) is 11.8. The van der Waals surface area contributed by atoms with Gasteiger partial charge in [0.1, 0.15) is 0 Å². The Labute approximate surface area is 417 Å². The lowest BCUT2D eigenvalue weighted by Gasteiger charge is -2.12. The maximum absolute atomic E-state index is 14.6. The summed E-state index contributed by atoms with van der Waals surface area (Å²) in [5, 5.41) is 0. The van der Waals surface area contributed by atoms with E-state index >= 15 is 0 Å². The molecule has 9 nitrogen and oxygen atoms in total. The van der Waals surface area contributed by atoms with Crippen LogP contribution in [0.4, 0.5) is 0 Å². The zero-order valence-electron chi connectivity index (χ0n) is 41.0. The minimum atomic E-state index is -0.226. The van der Waals surface area contributed by atoms with Gasteiger partial charge in [-0.2, -0.15) is 0 Å². The van der Waals surface area contributed by atoms with Crippen molar-refractivity contribution in [2.75, 3.05) is 0 Å². The van der Waals surface area contributed by atoms with Crippen molar-refractivity contribution in [3.05, 3.63) is 272 Å². The number of rotatable bonds is 10. The van der Waals surface area contributed by atoms with Crippen LogP contribution in [0, 0.1) is 41.5 Å². The fourth-order valence-corrected chi connectivity index (χ4v) is 10.1. The highest BCUT2D eigenvalue weighted by molar-refractivity contribution is 5.78. The molecular formula is C63H52N6O3. The van der Waals surface area contributed by atoms with Crippen LogP contribution in [-0.4, -0.2) is 27.4 Å².